The zero-order chi connectivity index (χ0) is 14.6. The fourth-order valence-corrected chi connectivity index (χ4v) is 1.50. The van der Waals surface area contributed by atoms with E-state index in [-0.39, 0.29) is 30.7 Å². The molecule has 1 N–H and O–H groups in total. The maximum Gasteiger partial charge on any atom is 0.339 e. The van der Waals surface area contributed by atoms with Crippen LogP contribution in [0.2, 0.25) is 0 Å². The molecule has 106 valence electrons. The van der Waals surface area contributed by atoms with Crippen molar-refractivity contribution in [2.24, 2.45) is 0 Å². The van der Waals surface area contributed by atoms with Crippen molar-refractivity contribution >= 4 is 11.9 Å². The number of hydrogen-bond donors (Lipinski definition) is 1. The minimum atomic E-state index is -1.04. The van der Waals surface area contributed by atoms with Gasteiger partial charge in [-0.3, -0.25) is 4.79 Å². The van der Waals surface area contributed by atoms with Crippen LogP contribution in [0.5, 0.6) is 0 Å². The Bertz CT molecular complexity index is 464. The Hall–Kier alpha value is -1.82. The molecule has 0 saturated heterocycles. The van der Waals surface area contributed by atoms with Gasteiger partial charge >= 0.3 is 5.97 Å². The van der Waals surface area contributed by atoms with E-state index in [4.69, 9.17) is 14.3 Å². The van der Waals surface area contributed by atoms with Gasteiger partial charge in [0.15, 0.2) is 0 Å². The average molecular weight is 269 g/mol. The molecule has 0 bridgehead atoms. The van der Waals surface area contributed by atoms with E-state index in [0.29, 0.717) is 11.5 Å². The molecule has 0 aliphatic carbocycles. The van der Waals surface area contributed by atoms with Crippen molar-refractivity contribution in [3.05, 3.63) is 23.2 Å². The number of aryl methyl sites for hydroxylation is 1. The number of ether oxygens (including phenoxy) is 1. The Balaban J connectivity index is 2.61. The van der Waals surface area contributed by atoms with E-state index in [2.05, 4.69) is 0 Å². The summed E-state index contributed by atoms with van der Waals surface area (Å²) in [4.78, 5) is 24.0. The van der Waals surface area contributed by atoms with Crippen molar-refractivity contribution in [1.82, 2.24) is 4.90 Å². The van der Waals surface area contributed by atoms with Crippen LogP contribution in [-0.4, -0.2) is 41.6 Å². The van der Waals surface area contributed by atoms with E-state index in [1.807, 2.05) is 13.8 Å². The summed E-state index contributed by atoms with van der Waals surface area (Å²) in [6.07, 6.45) is -0.0122. The SMILES string of the molecule is Cc1oc(CN(C)C(=O)COC(C)C)cc1C(=O)O. The predicted molar refractivity (Wildman–Crippen MR) is 68.0 cm³/mol. The van der Waals surface area contributed by atoms with E-state index in [1.54, 1.807) is 14.0 Å². The monoisotopic (exact) mass is 269 g/mol. The van der Waals surface area contributed by atoms with E-state index in [9.17, 15) is 9.59 Å². The van der Waals surface area contributed by atoms with Gasteiger partial charge in [0, 0.05) is 7.05 Å². The molecule has 0 unspecified atom stereocenters. The van der Waals surface area contributed by atoms with Gasteiger partial charge in [-0.2, -0.15) is 0 Å². The highest BCUT2D eigenvalue weighted by Crippen LogP contribution is 2.16. The molecule has 19 heavy (non-hydrogen) atoms. The van der Waals surface area contributed by atoms with E-state index >= 15 is 0 Å². The van der Waals surface area contributed by atoms with Crippen LogP contribution in [0.4, 0.5) is 0 Å². The summed E-state index contributed by atoms with van der Waals surface area (Å²) in [7, 11) is 1.62. The van der Waals surface area contributed by atoms with Gasteiger partial charge in [0.05, 0.1) is 12.6 Å². The standard InChI is InChI=1S/C13H19NO5/c1-8(2)18-7-12(15)14(4)6-10-5-11(13(16)17)9(3)19-10/h5,8H,6-7H2,1-4H3,(H,16,17). The summed E-state index contributed by atoms with van der Waals surface area (Å²) in [5, 5.41) is 8.91. The molecular weight excluding hydrogens is 250 g/mol. The fourth-order valence-electron chi connectivity index (χ4n) is 1.50. The van der Waals surface area contributed by atoms with Gasteiger partial charge in [0.25, 0.3) is 0 Å². The van der Waals surface area contributed by atoms with Crippen molar-refractivity contribution in [1.29, 1.82) is 0 Å². The Morgan fingerprint density at radius 2 is 2.11 bits per heavy atom. The first kappa shape index (κ1) is 15.2. The predicted octanol–water partition coefficient (Wildman–Crippen LogP) is 1.67. The molecule has 1 aromatic heterocycles. The largest absolute Gasteiger partial charge is 0.478 e. The summed E-state index contributed by atoms with van der Waals surface area (Å²) >= 11 is 0. The number of amides is 1. The smallest absolute Gasteiger partial charge is 0.339 e. The molecule has 0 atom stereocenters. The molecule has 0 saturated carbocycles. The fraction of sp³-hybridized carbons (Fsp3) is 0.538. The second kappa shape index (κ2) is 6.38. The Morgan fingerprint density at radius 3 is 2.58 bits per heavy atom. The van der Waals surface area contributed by atoms with Crippen LogP contribution in [0.3, 0.4) is 0 Å². The van der Waals surface area contributed by atoms with Gasteiger partial charge in [-0.1, -0.05) is 0 Å². The lowest BCUT2D eigenvalue weighted by Gasteiger charge is -2.16. The molecular formula is C13H19NO5. The van der Waals surface area contributed by atoms with Gasteiger partial charge in [-0.25, -0.2) is 4.79 Å². The van der Waals surface area contributed by atoms with E-state index in [1.165, 1.54) is 11.0 Å². The second-order valence-electron chi connectivity index (χ2n) is 4.60. The number of carbonyl (C=O) groups excluding carboxylic acids is 1. The van der Waals surface area contributed by atoms with Crippen molar-refractivity contribution in [3.8, 4) is 0 Å². The number of furan rings is 1. The molecule has 1 amide bonds. The molecule has 0 aromatic carbocycles. The summed E-state index contributed by atoms with van der Waals surface area (Å²) < 4.78 is 10.5. The molecule has 1 heterocycles. The van der Waals surface area contributed by atoms with Crippen LogP contribution in [-0.2, 0) is 16.1 Å². The molecule has 6 heteroatoms. The number of likely N-dealkylation sites (N-methyl/N-ethyl adjacent to an activating group) is 1. The number of carbonyl (C=O) groups is 2. The molecule has 1 rings (SSSR count). The third-order valence-corrected chi connectivity index (χ3v) is 2.56. The van der Waals surface area contributed by atoms with Crippen LogP contribution in [0, 0.1) is 6.92 Å². The normalized spacial score (nSPS) is 10.8. The quantitative estimate of drug-likeness (QED) is 0.849. The summed E-state index contributed by atoms with van der Waals surface area (Å²) in [6, 6.07) is 1.44. The molecule has 0 spiro atoms. The molecule has 6 nitrogen and oxygen atoms in total. The molecule has 0 aliphatic heterocycles. The number of rotatable bonds is 6. The average Bonchev–Trinajstić information content (AvgIpc) is 2.67. The van der Waals surface area contributed by atoms with E-state index < -0.39 is 5.97 Å². The highest BCUT2D eigenvalue weighted by atomic mass is 16.5. The number of nitrogens with zero attached hydrogens (tertiary/aromatic N) is 1. The molecule has 1 aromatic rings. The van der Waals surface area contributed by atoms with Crippen LogP contribution >= 0.6 is 0 Å². The molecule has 0 fully saturated rings. The highest BCUT2D eigenvalue weighted by molar-refractivity contribution is 5.88. The highest BCUT2D eigenvalue weighted by Gasteiger charge is 2.17. The zero-order valence-corrected chi connectivity index (χ0v) is 11.6. The Kier molecular flexibility index (Phi) is 5.11. The number of hydrogen-bond acceptors (Lipinski definition) is 4. The second-order valence-corrected chi connectivity index (χ2v) is 4.60. The lowest BCUT2D eigenvalue weighted by Crippen LogP contribution is -2.30. The van der Waals surface area contributed by atoms with Gasteiger partial charge in [0.1, 0.15) is 23.7 Å². The van der Waals surface area contributed by atoms with Crippen molar-refractivity contribution < 1.29 is 23.8 Å². The maximum absolute atomic E-state index is 11.7. The van der Waals surface area contributed by atoms with Crippen molar-refractivity contribution in [2.45, 2.75) is 33.4 Å². The lowest BCUT2D eigenvalue weighted by atomic mass is 10.2. The minimum absolute atomic E-state index is 0.000352. The maximum atomic E-state index is 11.7. The van der Waals surface area contributed by atoms with Gasteiger partial charge in [-0.15, -0.1) is 0 Å². The van der Waals surface area contributed by atoms with Crippen LogP contribution < -0.4 is 0 Å². The Labute approximate surface area is 112 Å². The van der Waals surface area contributed by atoms with Crippen molar-refractivity contribution in [3.63, 3.8) is 0 Å². The summed E-state index contributed by atoms with van der Waals surface area (Å²) in [5.41, 5.74) is 0.120. The van der Waals surface area contributed by atoms with Crippen LogP contribution in [0.15, 0.2) is 10.5 Å². The first-order valence-corrected chi connectivity index (χ1v) is 5.99. The first-order valence-electron chi connectivity index (χ1n) is 5.99. The molecule has 0 aliphatic rings. The number of carboxylic acids is 1. The van der Waals surface area contributed by atoms with Crippen LogP contribution in [0.25, 0.3) is 0 Å². The van der Waals surface area contributed by atoms with Gasteiger partial charge < -0.3 is 19.2 Å². The van der Waals surface area contributed by atoms with Gasteiger partial charge in [-0.05, 0) is 26.8 Å². The zero-order valence-electron chi connectivity index (χ0n) is 11.6. The Morgan fingerprint density at radius 1 is 1.47 bits per heavy atom. The number of carboxylic acid groups (broad SMARTS) is 1. The topological polar surface area (TPSA) is 80.0 Å². The summed E-state index contributed by atoms with van der Waals surface area (Å²) in [5.74, 6) is -0.443. The third-order valence-electron chi connectivity index (χ3n) is 2.56. The number of aromatic carboxylic acids is 1. The molecule has 0 radical (unpaired) electrons. The third kappa shape index (κ3) is 4.40. The minimum Gasteiger partial charge on any atom is -0.478 e. The van der Waals surface area contributed by atoms with Crippen LogP contribution in [0.1, 0.15) is 35.7 Å². The van der Waals surface area contributed by atoms with Crippen molar-refractivity contribution in [2.75, 3.05) is 13.7 Å². The lowest BCUT2D eigenvalue weighted by molar-refractivity contribution is -0.137. The van der Waals surface area contributed by atoms with E-state index in [0.717, 1.165) is 0 Å². The first-order chi connectivity index (χ1) is 8.81. The summed E-state index contributed by atoms with van der Waals surface area (Å²) in [6.45, 7) is 5.50. The van der Waals surface area contributed by atoms with Gasteiger partial charge in [0.2, 0.25) is 5.91 Å².